The van der Waals surface area contributed by atoms with Crippen LogP contribution in [0.5, 0.6) is 0 Å². The molecule has 1 aromatic heterocycles. The first-order chi connectivity index (χ1) is 8.13. The number of rotatable bonds is 3. The molecule has 1 aromatic rings. The predicted octanol–water partition coefficient (Wildman–Crippen LogP) is 0.817. The molecule has 17 heavy (non-hydrogen) atoms. The summed E-state index contributed by atoms with van der Waals surface area (Å²) in [5.74, 6) is 0.756. The largest absolute Gasteiger partial charge is 0.394 e. The Morgan fingerprint density at radius 1 is 1.59 bits per heavy atom. The summed E-state index contributed by atoms with van der Waals surface area (Å²) in [6, 6.07) is -0.0111. The summed E-state index contributed by atoms with van der Waals surface area (Å²) in [5, 5.41) is 13.0. The molecular formula is C12H18N2O3. The summed E-state index contributed by atoms with van der Waals surface area (Å²) in [5.41, 5.74) is 1.65. The average molecular weight is 238 g/mol. The van der Waals surface area contributed by atoms with Gasteiger partial charge in [-0.2, -0.15) is 0 Å². The van der Waals surface area contributed by atoms with Crippen molar-refractivity contribution in [3.05, 3.63) is 17.0 Å². The number of aliphatic hydroxyl groups excluding tert-OH is 1. The van der Waals surface area contributed by atoms with Gasteiger partial charge in [-0.3, -0.25) is 4.79 Å². The van der Waals surface area contributed by atoms with Gasteiger partial charge in [0.25, 0.3) is 0 Å². The van der Waals surface area contributed by atoms with Crippen molar-refractivity contribution in [3.63, 3.8) is 0 Å². The second-order valence-electron chi connectivity index (χ2n) is 4.55. The van der Waals surface area contributed by atoms with Gasteiger partial charge in [-0.25, -0.2) is 0 Å². The third-order valence-electron chi connectivity index (χ3n) is 3.42. The van der Waals surface area contributed by atoms with Crippen LogP contribution < -0.4 is 0 Å². The molecule has 2 heterocycles. The minimum absolute atomic E-state index is 0.0111. The molecule has 1 saturated heterocycles. The van der Waals surface area contributed by atoms with E-state index in [1.165, 1.54) is 0 Å². The molecule has 0 bridgehead atoms. The van der Waals surface area contributed by atoms with E-state index in [-0.39, 0.29) is 18.6 Å². The number of carbonyl (C=O) groups is 1. The number of amides is 1. The second-order valence-corrected chi connectivity index (χ2v) is 4.55. The highest BCUT2D eigenvalue weighted by Crippen LogP contribution is 2.20. The molecule has 0 aliphatic carbocycles. The van der Waals surface area contributed by atoms with Gasteiger partial charge in [0.05, 0.1) is 24.8 Å². The first-order valence-corrected chi connectivity index (χ1v) is 5.95. The standard InChI is InChI=1S/C12H18N2O3/c1-8-11(9(2)17-13-8)6-12(16)14-5-3-4-10(14)7-15/h10,15H,3-7H2,1-2H3/t10-/m0/s1. The second kappa shape index (κ2) is 4.87. The van der Waals surface area contributed by atoms with E-state index in [0.717, 1.165) is 30.6 Å². The van der Waals surface area contributed by atoms with E-state index in [9.17, 15) is 9.90 Å². The van der Waals surface area contributed by atoms with Crippen LogP contribution in [0.1, 0.15) is 29.9 Å². The molecule has 1 fully saturated rings. The zero-order chi connectivity index (χ0) is 12.4. The maximum atomic E-state index is 12.1. The highest BCUT2D eigenvalue weighted by molar-refractivity contribution is 5.79. The van der Waals surface area contributed by atoms with Gasteiger partial charge in [-0.05, 0) is 26.7 Å². The summed E-state index contributed by atoms with van der Waals surface area (Å²) >= 11 is 0. The zero-order valence-corrected chi connectivity index (χ0v) is 10.3. The smallest absolute Gasteiger partial charge is 0.227 e. The minimum atomic E-state index is -0.0111. The van der Waals surface area contributed by atoms with E-state index in [2.05, 4.69) is 5.16 Å². The van der Waals surface area contributed by atoms with Gasteiger partial charge >= 0.3 is 0 Å². The molecule has 1 aliphatic rings. The number of aliphatic hydroxyl groups is 1. The molecule has 1 aliphatic heterocycles. The van der Waals surface area contributed by atoms with Crippen LogP contribution in [0.15, 0.2) is 4.52 Å². The molecule has 5 heteroatoms. The third-order valence-corrected chi connectivity index (χ3v) is 3.42. The zero-order valence-electron chi connectivity index (χ0n) is 10.3. The molecule has 0 saturated carbocycles. The molecule has 94 valence electrons. The average Bonchev–Trinajstić information content (AvgIpc) is 2.90. The van der Waals surface area contributed by atoms with E-state index in [4.69, 9.17) is 4.52 Å². The van der Waals surface area contributed by atoms with Crippen LogP contribution >= 0.6 is 0 Å². The lowest BCUT2D eigenvalue weighted by molar-refractivity contribution is -0.132. The normalized spacial score (nSPS) is 19.9. The van der Waals surface area contributed by atoms with Crippen molar-refractivity contribution in [1.82, 2.24) is 10.1 Å². The van der Waals surface area contributed by atoms with E-state index < -0.39 is 0 Å². The topological polar surface area (TPSA) is 66.6 Å². The Hall–Kier alpha value is -1.36. The van der Waals surface area contributed by atoms with Crippen molar-refractivity contribution in [2.24, 2.45) is 0 Å². The van der Waals surface area contributed by atoms with Crippen LogP contribution in [0.3, 0.4) is 0 Å². The summed E-state index contributed by atoms with van der Waals surface area (Å²) in [6.07, 6.45) is 2.18. The molecule has 1 N–H and O–H groups in total. The molecule has 5 nitrogen and oxygen atoms in total. The van der Waals surface area contributed by atoms with Gasteiger partial charge < -0.3 is 14.5 Å². The number of hydrogen-bond acceptors (Lipinski definition) is 4. The lowest BCUT2D eigenvalue weighted by Crippen LogP contribution is -2.38. The molecular weight excluding hydrogens is 220 g/mol. The van der Waals surface area contributed by atoms with Crippen molar-refractivity contribution in [2.45, 2.75) is 39.2 Å². The first-order valence-electron chi connectivity index (χ1n) is 5.95. The highest BCUT2D eigenvalue weighted by atomic mass is 16.5. The summed E-state index contributed by atoms with van der Waals surface area (Å²) in [4.78, 5) is 13.9. The Bertz CT molecular complexity index is 394. The number of nitrogens with zero attached hydrogens (tertiary/aromatic N) is 2. The first kappa shape index (κ1) is 12.1. The van der Waals surface area contributed by atoms with Crippen molar-refractivity contribution in [2.75, 3.05) is 13.2 Å². The van der Waals surface area contributed by atoms with Crippen molar-refractivity contribution in [3.8, 4) is 0 Å². The molecule has 0 aromatic carbocycles. The van der Waals surface area contributed by atoms with Crippen LogP contribution in [0, 0.1) is 13.8 Å². The van der Waals surface area contributed by atoms with Crippen molar-refractivity contribution < 1.29 is 14.4 Å². The van der Waals surface area contributed by atoms with Gasteiger partial charge in [-0.1, -0.05) is 5.16 Å². The van der Waals surface area contributed by atoms with Crippen LogP contribution in [-0.4, -0.2) is 40.3 Å². The maximum absolute atomic E-state index is 12.1. The maximum Gasteiger partial charge on any atom is 0.227 e. The molecule has 1 atom stereocenters. The Kier molecular flexibility index (Phi) is 3.47. The minimum Gasteiger partial charge on any atom is -0.394 e. The SMILES string of the molecule is Cc1noc(C)c1CC(=O)N1CCC[C@H]1CO. The van der Waals surface area contributed by atoms with Crippen LogP contribution in [0.2, 0.25) is 0 Å². The van der Waals surface area contributed by atoms with Gasteiger partial charge in [0, 0.05) is 12.1 Å². The number of carbonyl (C=O) groups excluding carboxylic acids is 1. The van der Waals surface area contributed by atoms with Crippen molar-refractivity contribution >= 4 is 5.91 Å². The molecule has 0 unspecified atom stereocenters. The van der Waals surface area contributed by atoms with Crippen molar-refractivity contribution in [1.29, 1.82) is 0 Å². The number of aromatic nitrogens is 1. The Balaban J connectivity index is 2.07. The van der Waals surface area contributed by atoms with Gasteiger partial charge in [0.1, 0.15) is 5.76 Å². The van der Waals surface area contributed by atoms with Gasteiger partial charge in [-0.15, -0.1) is 0 Å². The Labute approximate surface area is 100 Å². The number of aryl methyl sites for hydroxylation is 2. The number of hydrogen-bond donors (Lipinski definition) is 1. The Morgan fingerprint density at radius 3 is 2.94 bits per heavy atom. The highest BCUT2D eigenvalue weighted by Gasteiger charge is 2.28. The van der Waals surface area contributed by atoms with Gasteiger partial charge in [0.15, 0.2) is 0 Å². The lowest BCUT2D eigenvalue weighted by Gasteiger charge is -2.22. The van der Waals surface area contributed by atoms with E-state index >= 15 is 0 Å². The molecule has 2 rings (SSSR count). The van der Waals surface area contributed by atoms with E-state index in [1.807, 2.05) is 13.8 Å². The lowest BCUT2D eigenvalue weighted by atomic mass is 10.1. The molecule has 0 spiro atoms. The molecule has 0 radical (unpaired) electrons. The monoisotopic (exact) mass is 238 g/mol. The molecule has 1 amide bonds. The van der Waals surface area contributed by atoms with Crippen LogP contribution in [0.25, 0.3) is 0 Å². The summed E-state index contributed by atoms with van der Waals surface area (Å²) in [6.45, 7) is 4.45. The van der Waals surface area contributed by atoms with E-state index in [1.54, 1.807) is 4.90 Å². The van der Waals surface area contributed by atoms with Crippen LogP contribution in [-0.2, 0) is 11.2 Å². The van der Waals surface area contributed by atoms with E-state index in [0.29, 0.717) is 12.2 Å². The predicted molar refractivity (Wildman–Crippen MR) is 61.5 cm³/mol. The summed E-state index contributed by atoms with van der Waals surface area (Å²) in [7, 11) is 0. The summed E-state index contributed by atoms with van der Waals surface area (Å²) < 4.78 is 5.04. The number of likely N-dealkylation sites (tertiary alicyclic amines) is 1. The fourth-order valence-corrected chi connectivity index (χ4v) is 2.36. The quantitative estimate of drug-likeness (QED) is 0.846. The van der Waals surface area contributed by atoms with Crippen LogP contribution in [0.4, 0.5) is 0 Å². The van der Waals surface area contributed by atoms with Gasteiger partial charge in [0.2, 0.25) is 5.91 Å². The Morgan fingerprint density at radius 2 is 2.35 bits per heavy atom. The third kappa shape index (κ3) is 2.34. The fraction of sp³-hybridized carbons (Fsp3) is 0.667. The fourth-order valence-electron chi connectivity index (χ4n) is 2.36.